The van der Waals surface area contributed by atoms with Gasteiger partial charge in [-0.05, 0) is 39.8 Å². The van der Waals surface area contributed by atoms with Crippen molar-refractivity contribution < 1.29 is 18.7 Å². The number of likely N-dealkylation sites (N-methyl/N-ethyl adjacent to an activating group) is 1. The smallest absolute Gasteiger partial charge is 0.240 e. The third-order valence-corrected chi connectivity index (χ3v) is 3.79. The molecule has 25 heavy (non-hydrogen) atoms. The van der Waals surface area contributed by atoms with Crippen LogP contribution in [0.2, 0.25) is 0 Å². The predicted octanol–water partition coefficient (Wildman–Crippen LogP) is 2.75. The zero-order valence-corrected chi connectivity index (χ0v) is 15.5. The summed E-state index contributed by atoms with van der Waals surface area (Å²) in [5.41, 5.74) is 1.16. The van der Waals surface area contributed by atoms with Crippen molar-refractivity contribution in [1.82, 2.24) is 10.2 Å². The van der Waals surface area contributed by atoms with Crippen molar-refractivity contribution in [2.75, 3.05) is 20.2 Å². The van der Waals surface area contributed by atoms with Crippen LogP contribution < -0.4 is 10.1 Å². The van der Waals surface area contributed by atoms with E-state index in [4.69, 9.17) is 9.15 Å². The Kier molecular flexibility index (Phi) is 5.72. The summed E-state index contributed by atoms with van der Waals surface area (Å²) < 4.78 is 10.7. The molecule has 0 spiro atoms. The Bertz CT molecular complexity index is 758. The van der Waals surface area contributed by atoms with Crippen LogP contribution in [0, 0.1) is 0 Å². The van der Waals surface area contributed by atoms with Crippen molar-refractivity contribution in [2.45, 2.75) is 39.7 Å². The van der Waals surface area contributed by atoms with E-state index in [0.717, 1.165) is 10.9 Å². The Labute approximate surface area is 148 Å². The lowest BCUT2D eigenvalue weighted by molar-refractivity contribution is -0.135. The van der Waals surface area contributed by atoms with Gasteiger partial charge in [0.25, 0.3) is 0 Å². The first-order valence-electron chi connectivity index (χ1n) is 8.36. The zero-order chi connectivity index (χ0) is 18.6. The van der Waals surface area contributed by atoms with Crippen LogP contribution in [-0.2, 0) is 16.0 Å². The van der Waals surface area contributed by atoms with E-state index in [2.05, 4.69) is 5.32 Å². The number of ether oxygens (including phenoxy) is 1. The summed E-state index contributed by atoms with van der Waals surface area (Å²) in [4.78, 5) is 26.2. The SMILES string of the molecule is CCN(CC(=O)NC(C)(C)C)C(=O)Cc1coc2cc(OC)ccc12. The normalized spacial score (nSPS) is 11.4. The maximum atomic E-state index is 12.6. The van der Waals surface area contributed by atoms with Crippen molar-refractivity contribution in [3.8, 4) is 5.75 Å². The first-order chi connectivity index (χ1) is 11.7. The Morgan fingerprint density at radius 3 is 2.60 bits per heavy atom. The summed E-state index contributed by atoms with van der Waals surface area (Å²) in [7, 11) is 1.59. The molecule has 136 valence electrons. The quantitative estimate of drug-likeness (QED) is 0.873. The third kappa shape index (κ3) is 4.98. The van der Waals surface area contributed by atoms with Gasteiger partial charge in [0.15, 0.2) is 0 Å². The molecule has 1 N–H and O–H groups in total. The highest BCUT2D eigenvalue weighted by Crippen LogP contribution is 2.26. The van der Waals surface area contributed by atoms with Gasteiger partial charge in [-0.25, -0.2) is 0 Å². The first-order valence-corrected chi connectivity index (χ1v) is 8.36. The maximum Gasteiger partial charge on any atom is 0.240 e. The number of methoxy groups -OCH3 is 1. The van der Waals surface area contributed by atoms with E-state index in [1.165, 1.54) is 0 Å². The van der Waals surface area contributed by atoms with Gasteiger partial charge < -0.3 is 19.4 Å². The number of benzene rings is 1. The molecule has 0 aliphatic rings. The molecule has 0 atom stereocenters. The maximum absolute atomic E-state index is 12.6. The van der Waals surface area contributed by atoms with Crippen molar-refractivity contribution >= 4 is 22.8 Å². The van der Waals surface area contributed by atoms with E-state index in [-0.39, 0.29) is 30.3 Å². The number of nitrogens with one attached hydrogen (secondary N) is 1. The molecule has 1 aromatic heterocycles. The second-order valence-corrected chi connectivity index (χ2v) is 7.01. The molecule has 1 heterocycles. The van der Waals surface area contributed by atoms with E-state index in [0.29, 0.717) is 17.9 Å². The Hall–Kier alpha value is -2.50. The van der Waals surface area contributed by atoms with Crippen LogP contribution in [0.5, 0.6) is 5.75 Å². The van der Waals surface area contributed by atoms with Gasteiger partial charge in [0.05, 0.1) is 26.3 Å². The molecule has 0 bridgehead atoms. The van der Waals surface area contributed by atoms with Gasteiger partial charge in [-0.2, -0.15) is 0 Å². The van der Waals surface area contributed by atoms with Crippen molar-refractivity contribution in [3.05, 3.63) is 30.0 Å². The van der Waals surface area contributed by atoms with Crippen molar-refractivity contribution in [1.29, 1.82) is 0 Å². The Morgan fingerprint density at radius 1 is 1.28 bits per heavy atom. The van der Waals surface area contributed by atoms with Crippen molar-refractivity contribution in [2.24, 2.45) is 0 Å². The van der Waals surface area contributed by atoms with Gasteiger partial charge in [-0.1, -0.05) is 0 Å². The van der Waals surface area contributed by atoms with Gasteiger partial charge in [-0.3, -0.25) is 9.59 Å². The second kappa shape index (κ2) is 7.59. The molecule has 0 saturated carbocycles. The highest BCUT2D eigenvalue weighted by atomic mass is 16.5. The fraction of sp³-hybridized carbons (Fsp3) is 0.474. The fourth-order valence-electron chi connectivity index (χ4n) is 2.61. The van der Waals surface area contributed by atoms with Gasteiger partial charge in [0.2, 0.25) is 11.8 Å². The molecular weight excluding hydrogens is 320 g/mol. The lowest BCUT2D eigenvalue weighted by Crippen LogP contribution is -2.47. The lowest BCUT2D eigenvalue weighted by atomic mass is 10.1. The number of carbonyl (C=O) groups excluding carboxylic acids is 2. The summed E-state index contributed by atoms with van der Waals surface area (Å²) in [5.74, 6) is 0.434. The number of rotatable bonds is 6. The summed E-state index contributed by atoms with van der Waals surface area (Å²) in [6.45, 7) is 8.12. The average molecular weight is 346 g/mol. The number of fused-ring (bicyclic) bond motifs is 1. The summed E-state index contributed by atoms with van der Waals surface area (Å²) in [6.07, 6.45) is 1.78. The molecule has 0 unspecified atom stereocenters. The zero-order valence-electron chi connectivity index (χ0n) is 15.5. The molecule has 1 aromatic carbocycles. The van der Waals surface area contributed by atoms with Crippen LogP contribution in [0.4, 0.5) is 0 Å². The van der Waals surface area contributed by atoms with Crippen LogP contribution in [0.3, 0.4) is 0 Å². The molecule has 2 amide bonds. The molecule has 2 aromatic rings. The van der Waals surface area contributed by atoms with E-state index in [1.54, 1.807) is 24.3 Å². The summed E-state index contributed by atoms with van der Waals surface area (Å²) in [5, 5.41) is 3.75. The van der Waals surface area contributed by atoms with Crippen molar-refractivity contribution in [3.63, 3.8) is 0 Å². The van der Waals surface area contributed by atoms with E-state index >= 15 is 0 Å². The minimum atomic E-state index is -0.320. The molecule has 0 radical (unpaired) electrons. The van der Waals surface area contributed by atoms with Gasteiger partial charge >= 0.3 is 0 Å². The van der Waals surface area contributed by atoms with Gasteiger partial charge in [0, 0.05) is 29.1 Å². The third-order valence-electron chi connectivity index (χ3n) is 3.79. The number of amides is 2. The summed E-state index contributed by atoms with van der Waals surface area (Å²) >= 11 is 0. The highest BCUT2D eigenvalue weighted by molar-refractivity contribution is 5.90. The largest absolute Gasteiger partial charge is 0.497 e. The minimum absolute atomic E-state index is 0.0518. The van der Waals surface area contributed by atoms with Crippen LogP contribution in [0.1, 0.15) is 33.3 Å². The van der Waals surface area contributed by atoms with Crippen LogP contribution in [-0.4, -0.2) is 42.5 Å². The molecule has 6 nitrogen and oxygen atoms in total. The van der Waals surface area contributed by atoms with E-state index < -0.39 is 0 Å². The second-order valence-electron chi connectivity index (χ2n) is 7.01. The Balaban J connectivity index is 2.08. The molecule has 6 heteroatoms. The number of furan rings is 1. The first kappa shape index (κ1) is 18.8. The van der Waals surface area contributed by atoms with Crippen LogP contribution in [0.25, 0.3) is 11.0 Å². The van der Waals surface area contributed by atoms with Gasteiger partial charge in [-0.15, -0.1) is 0 Å². The van der Waals surface area contributed by atoms with Crippen LogP contribution >= 0.6 is 0 Å². The van der Waals surface area contributed by atoms with Gasteiger partial charge in [0.1, 0.15) is 11.3 Å². The molecule has 0 aliphatic heterocycles. The Morgan fingerprint density at radius 2 is 2.00 bits per heavy atom. The molecule has 0 aliphatic carbocycles. The lowest BCUT2D eigenvalue weighted by Gasteiger charge is -2.25. The molecule has 2 rings (SSSR count). The summed E-state index contributed by atoms with van der Waals surface area (Å²) in [6, 6.07) is 5.50. The fourth-order valence-corrected chi connectivity index (χ4v) is 2.61. The predicted molar refractivity (Wildman–Crippen MR) is 96.6 cm³/mol. The topological polar surface area (TPSA) is 71.8 Å². The van der Waals surface area contributed by atoms with E-state index in [9.17, 15) is 9.59 Å². The monoisotopic (exact) mass is 346 g/mol. The average Bonchev–Trinajstić information content (AvgIpc) is 2.92. The molecule has 0 fully saturated rings. The standard InChI is InChI=1S/C19H26N2O4/c1-6-21(11-17(22)20-19(2,3)4)18(23)9-13-12-25-16-10-14(24-5)7-8-15(13)16/h7-8,10,12H,6,9,11H2,1-5H3,(H,20,22). The number of hydrogen-bond acceptors (Lipinski definition) is 4. The minimum Gasteiger partial charge on any atom is -0.497 e. The highest BCUT2D eigenvalue weighted by Gasteiger charge is 2.20. The van der Waals surface area contributed by atoms with Crippen LogP contribution in [0.15, 0.2) is 28.9 Å². The number of carbonyl (C=O) groups is 2. The molecular formula is C19H26N2O4. The van der Waals surface area contributed by atoms with E-state index in [1.807, 2.05) is 39.8 Å². The number of nitrogens with zero attached hydrogens (tertiary/aromatic N) is 1. The number of hydrogen-bond donors (Lipinski definition) is 1. The molecule has 0 saturated heterocycles.